The molecule has 0 aromatic heterocycles. The first-order valence-electron chi connectivity index (χ1n) is 5.65. The summed E-state index contributed by atoms with van der Waals surface area (Å²) in [4.78, 5) is 0. The largest absolute Gasteiger partial charge is 0.327 e. The molecular weight excluding hydrogens is 293 g/mol. The molecule has 102 valence electrons. The highest BCUT2D eigenvalue weighted by Crippen LogP contribution is 2.22. The number of hydrogen-bond acceptors (Lipinski definition) is 3. The number of sulfone groups is 1. The molecule has 1 aromatic rings. The molecule has 6 heteroatoms. The third-order valence-corrected chi connectivity index (χ3v) is 4.20. The zero-order chi connectivity index (χ0) is 13.8. The molecule has 0 aliphatic rings. The lowest BCUT2D eigenvalue weighted by atomic mass is 10.0. The molecule has 0 fully saturated rings. The van der Waals surface area contributed by atoms with Crippen LogP contribution in [0.5, 0.6) is 0 Å². The molecule has 0 saturated carbocycles. The fraction of sp³-hybridized carbons (Fsp3) is 0.500. The Morgan fingerprint density at radius 1 is 1.33 bits per heavy atom. The van der Waals surface area contributed by atoms with E-state index in [4.69, 9.17) is 28.9 Å². The smallest absolute Gasteiger partial charge is 0.147 e. The van der Waals surface area contributed by atoms with E-state index >= 15 is 0 Å². The molecule has 1 unspecified atom stereocenters. The van der Waals surface area contributed by atoms with E-state index in [2.05, 4.69) is 0 Å². The van der Waals surface area contributed by atoms with E-state index in [0.717, 1.165) is 5.56 Å². The van der Waals surface area contributed by atoms with E-state index in [1.165, 1.54) is 6.26 Å². The third kappa shape index (κ3) is 6.05. The first-order valence-corrected chi connectivity index (χ1v) is 8.47. The van der Waals surface area contributed by atoms with Crippen molar-refractivity contribution in [3.63, 3.8) is 0 Å². The Bertz CT molecular complexity index is 503. The van der Waals surface area contributed by atoms with Gasteiger partial charge in [0, 0.05) is 28.1 Å². The van der Waals surface area contributed by atoms with Crippen molar-refractivity contribution in [3.05, 3.63) is 33.8 Å². The van der Waals surface area contributed by atoms with Crippen LogP contribution in [0.4, 0.5) is 0 Å². The summed E-state index contributed by atoms with van der Waals surface area (Å²) in [6, 6.07) is 5.21. The van der Waals surface area contributed by atoms with Gasteiger partial charge in [0.05, 0.1) is 0 Å². The lowest BCUT2D eigenvalue weighted by Crippen LogP contribution is -2.23. The van der Waals surface area contributed by atoms with Gasteiger partial charge in [-0.15, -0.1) is 0 Å². The molecule has 0 spiro atoms. The Hall–Kier alpha value is -0.290. The SMILES string of the molecule is CS(=O)(=O)CCCC(N)Cc1ccc(Cl)cc1Cl. The van der Waals surface area contributed by atoms with E-state index in [1.54, 1.807) is 12.1 Å². The van der Waals surface area contributed by atoms with E-state index in [1.807, 2.05) is 6.07 Å². The average Bonchev–Trinajstić information content (AvgIpc) is 2.20. The maximum absolute atomic E-state index is 11.0. The monoisotopic (exact) mass is 309 g/mol. The summed E-state index contributed by atoms with van der Waals surface area (Å²) in [6.45, 7) is 0. The molecule has 0 amide bonds. The summed E-state index contributed by atoms with van der Waals surface area (Å²) in [5, 5.41) is 1.19. The van der Waals surface area contributed by atoms with Gasteiger partial charge in [0.2, 0.25) is 0 Å². The van der Waals surface area contributed by atoms with Crippen molar-refractivity contribution < 1.29 is 8.42 Å². The summed E-state index contributed by atoms with van der Waals surface area (Å²) in [5.74, 6) is 0.176. The molecule has 1 rings (SSSR count). The van der Waals surface area contributed by atoms with Gasteiger partial charge < -0.3 is 5.73 Å². The zero-order valence-electron chi connectivity index (χ0n) is 10.2. The Morgan fingerprint density at radius 2 is 2.00 bits per heavy atom. The molecular formula is C12H17Cl2NO2S. The molecule has 18 heavy (non-hydrogen) atoms. The minimum atomic E-state index is -2.91. The van der Waals surface area contributed by atoms with Crippen molar-refractivity contribution in [2.45, 2.75) is 25.3 Å². The van der Waals surface area contributed by atoms with Crippen molar-refractivity contribution in [1.82, 2.24) is 0 Å². The molecule has 0 heterocycles. The normalized spacial score (nSPS) is 13.6. The van der Waals surface area contributed by atoms with Gasteiger partial charge in [0.1, 0.15) is 9.84 Å². The van der Waals surface area contributed by atoms with Crippen molar-refractivity contribution in [2.75, 3.05) is 12.0 Å². The van der Waals surface area contributed by atoms with Crippen LogP contribution in [0.15, 0.2) is 18.2 Å². The van der Waals surface area contributed by atoms with Crippen molar-refractivity contribution in [1.29, 1.82) is 0 Å². The first-order chi connectivity index (χ1) is 8.28. The predicted octanol–water partition coefficient (Wildman–Crippen LogP) is 2.69. The maximum Gasteiger partial charge on any atom is 0.147 e. The lowest BCUT2D eigenvalue weighted by Gasteiger charge is -2.12. The molecule has 3 nitrogen and oxygen atoms in total. The number of benzene rings is 1. The molecule has 0 radical (unpaired) electrons. The van der Waals surface area contributed by atoms with Gasteiger partial charge in [0.15, 0.2) is 0 Å². The van der Waals surface area contributed by atoms with Crippen LogP contribution in [-0.2, 0) is 16.3 Å². The van der Waals surface area contributed by atoms with Crippen LogP contribution in [0.3, 0.4) is 0 Å². The topological polar surface area (TPSA) is 60.2 Å². The van der Waals surface area contributed by atoms with Crippen LogP contribution in [0.2, 0.25) is 10.0 Å². The van der Waals surface area contributed by atoms with Crippen LogP contribution >= 0.6 is 23.2 Å². The summed E-state index contributed by atoms with van der Waals surface area (Å²) in [7, 11) is -2.91. The van der Waals surface area contributed by atoms with Gasteiger partial charge in [0.25, 0.3) is 0 Å². The second kappa shape index (κ2) is 6.75. The highest BCUT2D eigenvalue weighted by Gasteiger charge is 2.09. The Labute approximate surface area is 118 Å². The first kappa shape index (κ1) is 15.8. The summed E-state index contributed by atoms with van der Waals surface area (Å²) < 4.78 is 22.0. The number of rotatable bonds is 6. The number of nitrogens with two attached hydrogens (primary N) is 1. The summed E-state index contributed by atoms with van der Waals surface area (Å²) in [5.41, 5.74) is 6.89. The Kier molecular flexibility index (Phi) is 5.92. The second-order valence-electron chi connectivity index (χ2n) is 4.47. The predicted molar refractivity (Wildman–Crippen MR) is 77.1 cm³/mol. The molecule has 1 aromatic carbocycles. The summed E-state index contributed by atoms with van der Waals surface area (Å²) in [6.07, 6.45) is 3.09. The van der Waals surface area contributed by atoms with E-state index < -0.39 is 9.84 Å². The van der Waals surface area contributed by atoms with Crippen molar-refractivity contribution >= 4 is 33.0 Å². The van der Waals surface area contributed by atoms with Crippen LogP contribution in [0.25, 0.3) is 0 Å². The van der Waals surface area contributed by atoms with E-state index in [9.17, 15) is 8.42 Å². The van der Waals surface area contributed by atoms with Gasteiger partial charge in [-0.2, -0.15) is 0 Å². The third-order valence-electron chi connectivity index (χ3n) is 2.59. The second-order valence-corrected chi connectivity index (χ2v) is 7.58. The van der Waals surface area contributed by atoms with E-state index in [0.29, 0.717) is 29.3 Å². The number of halogens is 2. The fourth-order valence-corrected chi connectivity index (χ4v) is 2.86. The minimum Gasteiger partial charge on any atom is -0.327 e. The van der Waals surface area contributed by atoms with Gasteiger partial charge in [-0.25, -0.2) is 8.42 Å². The van der Waals surface area contributed by atoms with Gasteiger partial charge in [-0.3, -0.25) is 0 Å². The van der Waals surface area contributed by atoms with Crippen molar-refractivity contribution in [3.8, 4) is 0 Å². The molecule has 0 aliphatic heterocycles. The van der Waals surface area contributed by atoms with Crippen molar-refractivity contribution in [2.24, 2.45) is 5.73 Å². The van der Waals surface area contributed by atoms with Crippen LogP contribution in [-0.4, -0.2) is 26.5 Å². The highest BCUT2D eigenvalue weighted by molar-refractivity contribution is 7.90. The molecule has 0 saturated heterocycles. The van der Waals surface area contributed by atoms with Crippen LogP contribution < -0.4 is 5.73 Å². The fourth-order valence-electron chi connectivity index (χ4n) is 1.68. The van der Waals surface area contributed by atoms with Gasteiger partial charge in [-0.1, -0.05) is 29.3 Å². The minimum absolute atomic E-state index is 0.0922. The van der Waals surface area contributed by atoms with Crippen LogP contribution in [0.1, 0.15) is 18.4 Å². The molecule has 2 N–H and O–H groups in total. The Morgan fingerprint density at radius 3 is 2.56 bits per heavy atom. The standard InChI is InChI=1S/C12H17Cl2NO2S/c1-18(16,17)6-2-3-11(15)7-9-4-5-10(13)8-12(9)14/h4-5,8,11H,2-3,6-7,15H2,1H3. The Balaban J connectivity index is 2.47. The zero-order valence-corrected chi connectivity index (χ0v) is 12.5. The molecule has 0 aliphatic carbocycles. The van der Waals surface area contributed by atoms with Gasteiger partial charge in [-0.05, 0) is 37.0 Å². The van der Waals surface area contributed by atoms with Gasteiger partial charge >= 0.3 is 0 Å². The average molecular weight is 310 g/mol. The highest BCUT2D eigenvalue weighted by atomic mass is 35.5. The molecule has 0 bridgehead atoms. The molecule has 1 atom stereocenters. The number of hydrogen-bond donors (Lipinski definition) is 1. The lowest BCUT2D eigenvalue weighted by molar-refractivity contribution is 0.577. The maximum atomic E-state index is 11.0. The summed E-state index contributed by atoms with van der Waals surface area (Å²) >= 11 is 11.8. The quantitative estimate of drug-likeness (QED) is 0.879. The van der Waals surface area contributed by atoms with Crippen LogP contribution in [0, 0.1) is 0 Å². The van der Waals surface area contributed by atoms with E-state index in [-0.39, 0.29) is 11.8 Å².